The molecule has 1 aromatic rings. The highest BCUT2D eigenvalue weighted by Crippen LogP contribution is 2.27. The third kappa shape index (κ3) is 4.30. The van der Waals surface area contributed by atoms with Crippen LogP contribution in [0.4, 0.5) is 9.18 Å². The maximum atomic E-state index is 13.3. The largest absolute Gasteiger partial charge is 0.444 e. The molecule has 1 unspecified atom stereocenters. The summed E-state index contributed by atoms with van der Waals surface area (Å²) in [5.41, 5.74) is -0.300. The van der Waals surface area contributed by atoms with E-state index < -0.39 is 23.6 Å². The molecular weight excluding hydrogens is 329 g/mol. The van der Waals surface area contributed by atoms with Crippen molar-refractivity contribution in [2.75, 3.05) is 7.05 Å². The van der Waals surface area contributed by atoms with Crippen molar-refractivity contribution in [3.63, 3.8) is 0 Å². The van der Waals surface area contributed by atoms with Gasteiger partial charge in [0.2, 0.25) is 0 Å². The second-order valence-electron chi connectivity index (χ2n) is 5.34. The minimum Gasteiger partial charge on any atom is -0.444 e. The lowest BCUT2D eigenvalue weighted by atomic mass is 10.1. The summed E-state index contributed by atoms with van der Waals surface area (Å²) in [6, 6.07) is 3.05. The van der Waals surface area contributed by atoms with Crippen molar-refractivity contribution >= 4 is 28.3 Å². The topological polar surface area (TPSA) is 46.6 Å². The van der Waals surface area contributed by atoms with E-state index in [1.807, 2.05) is 0 Å². The van der Waals surface area contributed by atoms with Crippen molar-refractivity contribution < 1.29 is 18.7 Å². The minimum atomic E-state index is -0.921. The number of halogens is 2. The van der Waals surface area contributed by atoms with E-state index >= 15 is 0 Å². The first-order valence-corrected chi connectivity index (χ1v) is 6.81. The van der Waals surface area contributed by atoms with Gasteiger partial charge in [-0.25, -0.2) is 9.18 Å². The highest BCUT2D eigenvalue weighted by atomic mass is 79.9. The van der Waals surface area contributed by atoms with Gasteiger partial charge in [0.05, 0.1) is 0 Å². The smallest absolute Gasteiger partial charge is 0.410 e. The zero-order valence-electron chi connectivity index (χ0n) is 11.8. The Balaban J connectivity index is 3.04. The Labute approximate surface area is 126 Å². The zero-order chi connectivity index (χ0) is 15.5. The number of ether oxygens (including phenoxy) is 1. The van der Waals surface area contributed by atoms with Crippen LogP contribution in [-0.2, 0) is 9.53 Å². The molecule has 0 spiro atoms. The number of hydrogen-bond acceptors (Lipinski definition) is 3. The highest BCUT2D eigenvalue weighted by molar-refractivity contribution is 9.10. The lowest BCUT2D eigenvalue weighted by Gasteiger charge is -2.28. The summed E-state index contributed by atoms with van der Waals surface area (Å²) >= 11 is 3.25. The first-order valence-electron chi connectivity index (χ1n) is 6.02. The van der Waals surface area contributed by atoms with Crippen LogP contribution in [-0.4, -0.2) is 29.9 Å². The second-order valence-corrected chi connectivity index (χ2v) is 6.19. The molecular formula is C14H17BrFNO3. The van der Waals surface area contributed by atoms with Gasteiger partial charge in [-0.3, -0.25) is 4.90 Å². The van der Waals surface area contributed by atoms with Crippen molar-refractivity contribution in [1.29, 1.82) is 0 Å². The van der Waals surface area contributed by atoms with E-state index in [2.05, 4.69) is 15.9 Å². The lowest BCUT2D eigenvalue weighted by Crippen LogP contribution is -2.37. The summed E-state index contributed by atoms with van der Waals surface area (Å²) in [6.07, 6.45) is -0.0746. The molecule has 0 aliphatic carbocycles. The van der Waals surface area contributed by atoms with Crippen molar-refractivity contribution in [1.82, 2.24) is 4.90 Å². The molecule has 0 radical (unpaired) electrons. The number of rotatable bonds is 3. The quantitative estimate of drug-likeness (QED) is 0.784. The third-order valence-corrected chi connectivity index (χ3v) is 3.23. The lowest BCUT2D eigenvalue weighted by molar-refractivity contribution is -0.112. The summed E-state index contributed by atoms with van der Waals surface area (Å²) in [4.78, 5) is 24.4. The van der Waals surface area contributed by atoms with E-state index in [1.54, 1.807) is 20.8 Å². The van der Waals surface area contributed by atoms with Crippen LogP contribution in [0.5, 0.6) is 0 Å². The van der Waals surface area contributed by atoms with Crippen LogP contribution in [0.1, 0.15) is 32.4 Å². The monoisotopic (exact) mass is 345 g/mol. The fourth-order valence-electron chi connectivity index (χ4n) is 1.56. The van der Waals surface area contributed by atoms with Gasteiger partial charge in [0.25, 0.3) is 0 Å². The first kappa shape index (κ1) is 16.6. The van der Waals surface area contributed by atoms with Crippen LogP contribution >= 0.6 is 15.9 Å². The van der Waals surface area contributed by atoms with E-state index in [-0.39, 0.29) is 0 Å². The van der Waals surface area contributed by atoms with Crippen LogP contribution < -0.4 is 0 Å². The number of carbonyl (C=O) groups is 2. The second kappa shape index (κ2) is 6.35. The number of amides is 1. The highest BCUT2D eigenvalue weighted by Gasteiger charge is 2.27. The summed E-state index contributed by atoms with van der Waals surface area (Å²) < 4.78 is 19.0. The molecule has 1 aromatic carbocycles. The Morgan fingerprint density at radius 3 is 2.55 bits per heavy atom. The Hall–Kier alpha value is -1.43. The predicted molar refractivity (Wildman–Crippen MR) is 76.9 cm³/mol. The van der Waals surface area contributed by atoms with Crippen molar-refractivity contribution in [2.45, 2.75) is 32.4 Å². The molecule has 1 rings (SSSR count). The minimum absolute atomic E-state index is 0.369. The van der Waals surface area contributed by atoms with Crippen LogP contribution in [0.3, 0.4) is 0 Å². The number of likely N-dealkylation sites (N-methyl/N-ethyl adjacent to an activating group) is 1. The molecule has 0 fully saturated rings. The molecule has 0 aliphatic rings. The SMILES string of the molecule is CN(C(=O)OC(C)(C)C)C(C=O)c1cc(F)ccc1Br. The number of hydrogen-bond donors (Lipinski definition) is 0. The molecule has 20 heavy (non-hydrogen) atoms. The molecule has 0 aromatic heterocycles. The molecule has 0 heterocycles. The van der Waals surface area contributed by atoms with Gasteiger partial charge in [0.1, 0.15) is 23.7 Å². The Kier molecular flexibility index (Phi) is 5.28. The number of nitrogens with zero attached hydrogens (tertiary/aromatic N) is 1. The van der Waals surface area contributed by atoms with Crippen molar-refractivity contribution in [3.05, 3.63) is 34.1 Å². The van der Waals surface area contributed by atoms with Gasteiger partial charge in [0, 0.05) is 11.5 Å². The molecule has 0 bridgehead atoms. The van der Waals surface area contributed by atoms with Crippen LogP contribution in [0, 0.1) is 5.82 Å². The molecule has 6 heteroatoms. The predicted octanol–water partition coefficient (Wildman–Crippen LogP) is 3.70. The fourth-order valence-corrected chi connectivity index (χ4v) is 2.04. The normalized spacial score (nSPS) is 12.7. The first-order chi connectivity index (χ1) is 9.15. The Morgan fingerprint density at radius 2 is 2.05 bits per heavy atom. The summed E-state index contributed by atoms with van der Waals surface area (Å²) in [5.74, 6) is -0.479. The van der Waals surface area contributed by atoms with E-state index in [0.29, 0.717) is 16.3 Å². The third-order valence-electron chi connectivity index (χ3n) is 2.50. The number of aldehydes is 1. The van der Waals surface area contributed by atoms with Gasteiger partial charge in [-0.2, -0.15) is 0 Å². The molecule has 0 saturated heterocycles. The average Bonchev–Trinajstić information content (AvgIpc) is 2.32. The van der Waals surface area contributed by atoms with E-state index in [1.165, 1.54) is 25.2 Å². The maximum Gasteiger partial charge on any atom is 0.410 e. The van der Waals surface area contributed by atoms with Crippen molar-refractivity contribution in [2.24, 2.45) is 0 Å². The Morgan fingerprint density at radius 1 is 1.45 bits per heavy atom. The van der Waals surface area contributed by atoms with Gasteiger partial charge in [-0.1, -0.05) is 15.9 Å². The number of carbonyl (C=O) groups excluding carboxylic acids is 2. The van der Waals surface area contributed by atoms with Gasteiger partial charge >= 0.3 is 6.09 Å². The molecule has 0 saturated carbocycles. The molecule has 1 atom stereocenters. The van der Waals surface area contributed by atoms with Gasteiger partial charge in [-0.15, -0.1) is 0 Å². The molecule has 4 nitrogen and oxygen atoms in total. The standard InChI is InChI=1S/C14H17BrFNO3/c1-14(2,3)20-13(19)17(4)12(8-18)10-7-9(16)5-6-11(10)15/h5-8,12H,1-4H3. The average molecular weight is 346 g/mol. The van der Waals surface area contributed by atoms with Crippen LogP contribution in [0.2, 0.25) is 0 Å². The molecule has 110 valence electrons. The van der Waals surface area contributed by atoms with Gasteiger partial charge in [-0.05, 0) is 44.5 Å². The van der Waals surface area contributed by atoms with Gasteiger partial charge < -0.3 is 9.53 Å². The zero-order valence-corrected chi connectivity index (χ0v) is 13.4. The van der Waals surface area contributed by atoms with E-state index in [0.717, 1.165) is 4.90 Å². The van der Waals surface area contributed by atoms with E-state index in [4.69, 9.17) is 4.74 Å². The van der Waals surface area contributed by atoms with E-state index in [9.17, 15) is 14.0 Å². The van der Waals surface area contributed by atoms with Crippen LogP contribution in [0.15, 0.2) is 22.7 Å². The van der Waals surface area contributed by atoms with Crippen LogP contribution in [0.25, 0.3) is 0 Å². The molecule has 1 amide bonds. The Bertz CT molecular complexity index is 514. The summed E-state index contributed by atoms with van der Waals surface area (Å²) in [7, 11) is 1.44. The number of benzene rings is 1. The van der Waals surface area contributed by atoms with Gasteiger partial charge in [0.15, 0.2) is 0 Å². The van der Waals surface area contributed by atoms with Crippen molar-refractivity contribution in [3.8, 4) is 0 Å². The summed E-state index contributed by atoms with van der Waals surface area (Å²) in [6.45, 7) is 5.19. The summed E-state index contributed by atoms with van der Waals surface area (Å²) in [5, 5.41) is 0. The fraction of sp³-hybridized carbons (Fsp3) is 0.429. The molecule has 0 aliphatic heterocycles. The maximum absolute atomic E-state index is 13.3. The molecule has 0 N–H and O–H groups in total.